The predicted molar refractivity (Wildman–Crippen MR) is 67.1 cm³/mol. The minimum absolute atomic E-state index is 0.282. The highest BCUT2D eigenvalue weighted by Crippen LogP contribution is 2.25. The molecule has 0 saturated carbocycles. The Hall–Kier alpha value is -1.88. The van der Waals surface area contributed by atoms with Crippen molar-refractivity contribution in [2.75, 3.05) is 13.7 Å². The molecule has 5 heteroatoms. The smallest absolute Gasteiger partial charge is 0.132 e. The SMILES string of the molecule is CCNC(c1ncc[nH]1)c1ccc(OC)cc1F. The fraction of sp³-hybridized carbons (Fsp3) is 0.308. The first kappa shape index (κ1) is 12.6. The second-order valence-corrected chi connectivity index (χ2v) is 3.85. The van der Waals surface area contributed by atoms with E-state index in [1.54, 1.807) is 24.5 Å². The maximum Gasteiger partial charge on any atom is 0.132 e. The van der Waals surface area contributed by atoms with E-state index in [0.29, 0.717) is 17.1 Å². The van der Waals surface area contributed by atoms with E-state index in [2.05, 4.69) is 15.3 Å². The number of rotatable bonds is 5. The predicted octanol–water partition coefficient (Wildman–Crippen LogP) is 2.26. The molecule has 0 bridgehead atoms. The highest BCUT2D eigenvalue weighted by Gasteiger charge is 2.19. The molecule has 18 heavy (non-hydrogen) atoms. The number of nitrogens with one attached hydrogen (secondary N) is 2. The molecule has 0 saturated heterocycles. The van der Waals surface area contributed by atoms with Gasteiger partial charge in [0.25, 0.3) is 0 Å². The van der Waals surface area contributed by atoms with E-state index < -0.39 is 0 Å². The van der Waals surface area contributed by atoms with Gasteiger partial charge in [0.05, 0.1) is 13.2 Å². The molecular formula is C13H16FN3O. The van der Waals surface area contributed by atoms with Crippen LogP contribution in [0.25, 0.3) is 0 Å². The van der Waals surface area contributed by atoms with Crippen molar-refractivity contribution in [2.45, 2.75) is 13.0 Å². The first-order valence-corrected chi connectivity index (χ1v) is 5.82. The molecule has 2 aromatic rings. The van der Waals surface area contributed by atoms with Crippen molar-refractivity contribution in [1.29, 1.82) is 0 Å². The van der Waals surface area contributed by atoms with Gasteiger partial charge in [0.2, 0.25) is 0 Å². The zero-order valence-corrected chi connectivity index (χ0v) is 10.4. The van der Waals surface area contributed by atoms with Crippen LogP contribution < -0.4 is 10.1 Å². The average molecular weight is 249 g/mol. The lowest BCUT2D eigenvalue weighted by Crippen LogP contribution is -2.24. The standard InChI is InChI=1S/C13H16FN3O/c1-3-15-12(13-16-6-7-17-13)10-5-4-9(18-2)8-11(10)14/h4-8,12,15H,3H2,1-2H3,(H,16,17). The summed E-state index contributed by atoms with van der Waals surface area (Å²) in [6.45, 7) is 2.69. The van der Waals surface area contributed by atoms with Crippen molar-refractivity contribution in [2.24, 2.45) is 0 Å². The van der Waals surface area contributed by atoms with E-state index in [-0.39, 0.29) is 11.9 Å². The topological polar surface area (TPSA) is 49.9 Å². The molecule has 0 aliphatic heterocycles. The molecule has 1 heterocycles. The van der Waals surface area contributed by atoms with Crippen LogP contribution in [-0.4, -0.2) is 23.6 Å². The van der Waals surface area contributed by atoms with E-state index >= 15 is 0 Å². The molecule has 0 amide bonds. The Morgan fingerprint density at radius 1 is 1.50 bits per heavy atom. The quantitative estimate of drug-likeness (QED) is 0.854. The van der Waals surface area contributed by atoms with Crippen LogP contribution in [0, 0.1) is 5.82 Å². The van der Waals surface area contributed by atoms with Gasteiger partial charge in [-0.2, -0.15) is 0 Å². The number of ether oxygens (including phenoxy) is 1. The summed E-state index contributed by atoms with van der Waals surface area (Å²) in [5, 5.41) is 3.21. The Labute approximate surface area is 105 Å². The Kier molecular flexibility index (Phi) is 3.94. The Morgan fingerprint density at radius 2 is 2.33 bits per heavy atom. The van der Waals surface area contributed by atoms with Crippen LogP contribution in [0.5, 0.6) is 5.75 Å². The van der Waals surface area contributed by atoms with Crippen molar-refractivity contribution in [3.63, 3.8) is 0 Å². The zero-order valence-electron chi connectivity index (χ0n) is 10.4. The summed E-state index contributed by atoms with van der Waals surface area (Å²) in [5.41, 5.74) is 0.549. The molecule has 2 rings (SSSR count). The van der Waals surface area contributed by atoms with E-state index in [4.69, 9.17) is 4.74 Å². The largest absolute Gasteiger partial charge is 0.497 e. The molecule has 0 spiro atoms. The molecule has 1 aromatic heterocycles. The molecule has 0 aliphatic rings. The Morgan fingerprint density at radius 3 is 2.89 bits per heavy atom. The number of nitrogens with zero attached hydrogens (tertiary/aromatic N) is 1. The van der Waals surface area contributed by atoms with Crippen LogP contribution in [0.15, 0.2) is 30.6 Å². The van der Waals surface area contributed by atoms with E-state index in [0.717, 1.165) is 6.54 Å². The molecule has 1 unspecified atom stereocenters. The van der Waals surface area contributed by atoms with Crippen molar-refractivity contribution in [3.05, 3.63) is 47.8 Å². The van der Waals surface area contributed by atoms with Crippen LogP contribution in [0.1, 0.15) is 24.4 Å². The van der Waals surface area contributed by atoms with Crippen molar-refractivity contribution in [1.82, 2.24) is 15.3 Å². The summed E-state index contributed by atoms with van der Waals surface area (Å²) < 4.78 is 19.0. The summed E-state index contributed by atoms with van der Waals surface area (Å²) in [6, 6.07) is 4.55. The van der Waals surface area contributed by atoms with Gasteiger partial charge < -0.3 is 15.0 Å². The summed E-state index contributed by atoms with van der Waals surface area (Å²) in [7, 11) is 1.52. The Balaban J connectivity index is 2.37. The zero-order chi connectivity index (χ0) is 13.0. The van der Waals surface area contributed by atoms with Gasteiger partial charge in [-0.25, -0.2) is 9.37 Å². The highest BCUT2D eigenvalue weighted by atomic mass is 19.1. The maximum absolute atomic E-state index is 14.0. The lowest BCUT2D eigenvalue weighted by atomic mass is 10.1. The first-order chi connectivity index (χ1) is 8.76. The van der Waals surface area contributed by atoms with E-state index in [9.17, 15) is 4.39 Å². The number of H-pyrrole nitrogens is 1. The maximum atomic E-state index is 14.0. The molecule has 2 N–H and O–H groups in total. The lowest BCUT2D eigenvalue weighted by molar-refractivity contribution is 0.410. The molecule has 1 aromatic carbocycles. The van der Waals surface area contributed by atoms with Gasteiger partial charge >= 0.3 is 0 Å². The number of methoxy groups -OCH3 is 1. The molecule has 0 fully saturated rings. The third-order valence-electron chi connectivity index (χ3n) is 2.72. The summed E-state index contributed by atoms with van der Waals surface area (Å²) >= 11 is 0. The van der Waals surface area contributed by atoms with Gasteiger partial charge in [-0.15, -0.1) is 0 Å². The van der Waals surface area contributed by atoms with Gasteiger partial charge in [-0.1, -0.05) is 13.0 Å². The van der Waals surface area contributed by atoms with E-state index in [1.807, 2.05) is 6.92 Å². The van der Waals surface area contributed by atoms with Gasteiger partial charge in [-0.05, 0) is 12.6 Å². The van der Waals surface area contributed by atoms with Crippen LogP contribution in [0.4, 0.5) is 4.39 Å². The number of hydrogen-bond donors (Lipinski definition) is 2. The summed E-state index contributed by atoms with van der Waals surface area (Å²) in [6.07, 6.45) is 3.38. The fourth-order valence-electron chi connectivity index (χ4n) is 1.86. The molecule has 96 valence electrons. The third kappa shape index (κ3) is 2.51. The van der Waals surface area contributed by atoms with Gasteiger partial charge in [-0.3, -0.25) is 0 Å². The number of imidazole rings is 1. The Bertz CT molecular complexity index is 499. The molecule has 4 nitrogen and oxygen atoms in total. The molecule has 0 aliphatic carbocycles. The second kappa shape index (κ2) is 5.64. The average Bonchev–Trinajstić information content (AvgIpc) is 2.90. The number of aromatic amines is 1. The highest BCUT2D eigenvalue weighted by molar-refractivity contribution is 5.33. The van der Waals surface area contributed by atoms with Gasteiger partial charge in [0, 0.05) is 24.0 Å². The molecule has 0 radical (unpaired) electrons. The number of halogens is 1. The third-order valence-corrected chi connectivity index (χ3v) is 2.72. The van der Waals surface area contributed by atoms with Crippen molar-refractivity contribution in [3.8, 4) is 5.75 Å². The summed E-state index contributed by atoms with van der Waals surface area (Å²) in [5.74, 6) is 0.892. The monoisotopic (exact) mass is 249 g/mol. The second-order valence-electron chi connectivity index (χ2n) is 3.85. The van der Waals surface area contributed by atoms with Crippen LogP contribution >= 0.6 is 0 Å². The first-order valence-electron chi connectivity index (χ1n) is 5.82. The number of hydrogen-bond acceptors (Lipinski definition) is 3. The van der Waals surface area contributed by atoms with Crippen LogP contribution in [0.2, 0.25) is 0 Å². The number of benzene rings is 1. The van der Waals surface area contributed by atoms with E-state index in [1.165, 1.54) is 13.2 Å². The molecular weight excluding hydrogens is 233 g/mol. The molecule has 1 atom stereocenters. The van der Waals surface area contributed by atoms with Gasteiger partial charge in [0.1, 0.15) is 17.4 Å². The lowest BCUT2D eigenvalue weighted by Gasteiger charge is -2.17. The number of aromatic nitrogens is 2. The van der Waals surface area contributed by atoms with Crippen LogP contribution in [-0.2, 0) is 0 Å². The van der Waals surface area contributed by atoms with Crippen molar-refractivity contribution < 1.29 is 9.13 Å². The summed E-state index contributed by atoms with van der Waals surface area (Å²) in [4.78, 5) is 7.18. The van der Waals surface area contributed by atoms with Crippen molar-refractivity contribution >= 4 is 0 Å². The fourth-order valence-corrected chi connectivity index (χ4v) is 1.86. The van der Waals surface area contributed by atoms with Gasteiger partial charge in [0.15, 0.2) is 0 Å². The van der Waals surface area contributed by atoms with Crippen LogP contribution in [0.3, 0.4) is 0 Å². The minimum Gasteiger partial charge on any atom is -0.497 e. The minimum atomic E-state index is -0.309. The normalized spacial score (nSPS) is 12.4.